The number of halogens is 1. The SMILES string of the molecule is CC(=O)NC1=NC(=O)/C(=C\c2ccc(I)o2)S1. The van der Waals surface area contributed by atoms with Crippen molar-refractivity contribution in [3.05, 3.63) is 26.6 Å². The van der Waals surface area contributed by atoms with Gasteiger partial charge in [0.15, 0.2) is 8.93 Å². The molecule has 1 aliphatic heterocycles. The number of aliphatic imine (C=N–C) groups is 1. The van der Waals surface area contributed by atoms with Gasteiger partial charge in [0.2, 0.25) is 5.91 Å². The van der Waals surface area contributed by atoms with Crippen molar-refractivity contribution in [3.63, 3.8) is 0 Å². The van der Waals surface area contributed by atoms with E-state index in [4.69, 9.17) is 4.42 Å². The van der Waals surface area contributed by atoms with Gasteiger partial charge in [0.1, 0.15) is 5.76 Å². The van der Waals surface area contributed by atoms with Crippen LogP contribution in [0, 0.1) is 3.77 Å². The number of nitrogens with one attached hydrogen (secondary N) is 1. The minimum atomic E-state index is -0.370. The third-order valence-electron chi connectivity index (χ3n) is 1.77. The van der Waals surface area contributed by atoms with Gasteiger partial charge in [-0.1, -0.05) is 0 Å². The van der Waals surface area contributed by atoms with E-state index in [1.54, 1.807) is 18.2 Å². The van der Waals surface area contributed by atoms with E-state index in [0.29, 0.717) is 15.8 Å². The molecule has 88 valence electrons. The third-order valence-corrected chi connectivity index (χ3v) is 3.25. The lowest BCUT2D eigenvalue weighted by atomic mass is 10.4. The molecule has 2 rings (SSSR count). The van der Waals surface area contributed by atoms with Crippen LogP contribution in [0.1, 0.15) is 12.7 Å². The molecule has 0 aliphatic carbocycles. The van der Waals surface area contributed by atoms with Crippen LogP contribution in [0.15, 0.2) is 26.4 Å². The summed E-state index contributed by atoms with van der Waals surface area (Å²) in [6.45, 7) is 1.37. The van der Waals surface area contributed by atoms with E-state index in [0.717, 1.165) is 15.5 Å². The summed E-state index contributed by atoms with van der Waals surface area (Å²) in [4.78, 5) is 26.5. The summed E-state index contributed by atoms with van der Waals surface area (Å²) in [5, 5.41) is 2.77. The quantitative estimate of drug-likeness (QED) is 0.613. The van der Waals surface area contributed by atoms with Crippen LogP contribution in [0.2, 0.25) is 0 Å². The number of hydrogen-bond acceptors (Lipinski definition) is 4. The molecular weight excluding hydrogens is 355 g/mol. The molecule has 0 saturated heterocycles. The van der Waals surface area contributed by atoms with Crippen molar-refractivity contribution >= 4 is 57.4 Å². The fourth-order valence-corrected chi connectivity index (χ4v) is 2.42. The van der Waals surface area contributed by atoms with Crippen LogP contribution in [-0.2, 0) is 9.59 Å². The van der Waals surface area contributed by atoms with Crippen molar-refractivity contribution in [1.29, 1.82) is 0 Å². The number of hydrogen-bond donors (Lipinski definition) is 1. The Bertz CT molecular complexity index is 548. The number of thioether (sulfide) groups is 1. The molecule has 5 nitrogen and oxygen atoms in total. The lowest BCUT2D eigenvalue weighted by Gasteiger charge is -1.96. The van der Waals surface area contributed by atoms with Gasteiger partial charge < -0.3 is 9.73 Å². The Hall–Kier alpha value is -1.09. The third kappa shape index (κ3) is 3.19. The molecule has 0 saturated carbocycles. The first kappa shape index (κ1) is 12.4. The molecule has 0 unspecified atom stereocenters. The summed E-state index contributed by atoms with van der Waals surface area (Å²) in [6.07, 6.45) is 1.60. The van der Waals surface area contributed by atoms with Gasteiger partial charge in [-0.05, 0) is 46.5 Å². The Morgan fingerprint density at radius 1 is 1.59 bits per heavy atom. The first-order chi connectivity index (χ1) is 8.04. The standard InChI is InChI=1S/C10H7IN2O3S/c1-5(14)12-10-13-9(15)7(17-10)4-6-2-3-8(11)16-6/h2-4H,1H3,(H,12,13,14,15)/b7-4+. The number of nitrogens with zero attached hydrogens (tertiary/aromatic N) is 1. The zero-order valence-corrected chi connectivity index (χ0v) is 11.7. The highest BCUT2D eigenvalue weighted by atomic mass is 127. The average Bonchev–Trinajstić information content (AvgIpc) is 2.74. The van der Waals surface area contributed by atoms with Gasteiger partial charge in [-0.15, -0.1) is 0 Å². The van der Waals surface area contributed by atoms with Crippen molar-refractivity contribution in [1.82, 2.24) is 5.32 Å². The van der Waals surface area contributed by atoms with Crippen molar-refractivity contribution < 1.29 is 14.0 Å². The first-order valence-electron chi connectivity index (χ1n) is 4.60. The fraction of sp³-hybridized carbons (Fsp3) is 0.100. The van der Waals surface area contributed by atoms with Gasteiger partial charge >= 0.3 is 0 Å². The lowest BCUT2D eigenvalue weighted by Crippen LogP contribution is -2.23. The van der Waals surface area contributed by atoms with Gasteiger partial charge in [0.25, 0.3) is 5.91 Å². The molecule has 1 aromatic heterocycles. The maximum absolute atomic E-state index is 11.5. The van der Waals surface area contributed by atoms with E-state index in [1.807, 2.05) is 22.6 Å². The van der Waals surface area contributed by atoms with Crippen LogP contribution in [-0.4, -0.2) is 17.0 Å². The van der Waals surface area contributed by atoms with Gasteiger partial charge in [0, 0.05) is 13.0 Å². The molecule has 1 aromatic rings. The number of carbonyl (C=O) groups excluding carboxylic acids is 2. The molecule has 0 aromatic carbocycles. The Kier molecular flexibility index (Phi) is 3.67. The van der Waals surface area contributed by atoms with Crippen molar-refractivity contribution in [2.45, 2.75) is 6.92 Å². The Morgan fingerprint density at radius 2 is 2.35 bits per heavy atom. The summed E-state index contributed by atoms with van der Waals surface area (Å²) >= 11 is 3.16. The van der Waals surface area contributed by atoms with E-state index in [-0.39, 0.29) is 11.8 Å². The molecule has 0 atom stereocenters. The van der Waals surface area contributed by atoms with Crippen molar-refractivity contribution in [3.8, 4) is 0 Å². The Balaban J connectivity index is 2.14. The van der Waals surface area contributed by atoms with E-state index >= 15 is 0 Å². The Morgan fingerprint density at radius 3 is 2.94 bits per heavy atom. The molecule has 0 spiro atoms. The number of furan rings is 1. The number of carbonyl (C=O) groups is 2. The number of amides is 2. The van der Waals surface area contributed by atoms with Crippen LogP contribution in [0.5, 0.6) is 0 Å². The molecule has 1 N–H and O–H groups in total. The maximum Gasteiger partial charge on any atom is 0.286 e. The molecule has 7 heteroatoms. The van der Waals surface area contributed by atoms with E-state index in [1.165, 1.54) is 6.92 Å². The zero-order valence-electron chi connectivity index (χ0n) is 8.69. The summed E-state index contributed by atoms with van der Waals surface area (Å²) in [7, 11) is 0. The summed E-state index contributed by atoms with van der Waals surface area (Å²) in [6, 6.07) is 3.56. The smallest absolute Gasteiger partial charge is 0.286 e. The van der Waals surface area contributed by atoms with Crippen molar-refractivity contribution in [2.75, 3.05) is 0 Å². The average molecular weight is 362 g/mol. The molecular formula is C10H7IN2O3S. The summed E-state index contributed by atoms with van der Waals surface area (Å²) in [5.41, 5.74) is 0. The second-order valence-electron chi connectivity index (χ2n) is 3.16. The second kappa shape index (κ2) is 5.05. The fourth-order valence-electron chi connectivity index (χ4n) is 1.15. The van der Waals surface area contributed by atoms with Gasteiger partial charge in [0.05, 0.1) is 4.91 Å². The maximum atomic E-state index is 11.5. The minimum Gasteiger partial charge on any atom is -0.451 e. The highest BCUT2D eigenvalue weighted by Gasteiger charge is 2.22. The van der Waals surface area contributed by atoms with Crippen LogP contribution in [0.25, 0.3) is 6.08 Å². The summed E-state index contributed by atoms with van der Waals surface area (Å²) < 4.78 is 6.06. The van der Waals surface area contributed by atoms with E-state index in [9.17, 15) is 9.59 Å². The van der Waals surface area contributed by atoms with Crippen LogP contribution in [0.3, 0.4) is 0 Å². The van der Waals surface area contributed by atoms with Gasteiger partial charge in [-0.2, -0.15) is 4.99 Å². The zero-order chi connectivity index (χ0) is 12.4. The molecule has 0 bridgehead atoms. The lowest BCUT2D eigenvalue weighted by molar-refractivity contribution is -0.117. The highest BCUT2D eigenvalue weighted by molar-refractivity contribution is 14.1. The van der Waals surface area contributed by atoms with Crippen LogP contribution < -0.4 is 5.32 Å². The van der Waals surface area contributed by atoms with Crippen LogP contribution in [0.4, 0.5) is 0 Å². The minimum absolute atomic E-state index is 0.252. The molecule has 0 radical (unpaired) electrons. The molecule has 1 aliphatic rings. The predicted molar refractivity (Wildman–Crippen MR) is 73.3 cm³/mol. The normalized spacial score (nSPS) is 17.4. The number of rotatable bonds is 1. The first-order valence-corrected chi connectivity index (χ1v) is 6.49. The highest BCUT2D eigenvalue weighted by Crippen LogP contribution is 2.27. The Labute approximate surface area is 115 Å². The van der Waals surface area contributed by atoms with Crippen LogP contribution >= 0.6 is 34.4 Å². The molecule has 2 amide bonds. The largest absolute Gasteiger partial charge is 0.451 e. The van der Waals surface area contributed by atoms with Crippen molar-refractivity contribution in [2.24, 2.45) is 4.99 Å². The molecule has 2 heterocycles. The van der Waals surface area contributed by atoms with E-state index in [2.05, 4.69) is 10.3 Å². The van der Waals surface area contributed by atoms with E-state index < -0.39 is 0 Å². The molecule has 0 fully saturated rings. The monoisotopic (exact) mass is 362 g/mol. The molecule has 17 heavy (non-hydrogen) atoms. The second-order valence-corrected chi connectivity index (χ2v) is 5.25. The predicted octanol–water partition coefficient (Wildman–Crippen LogP) is 1.99. The van der Waals surface area contributed by atoms with Gasteiger partial charge in [-0.3, -0.25) is 9.59 Å². The van der Waals surface area contributed by atoms with Gasteiger partial charge in [-0.25, -0.2) is 0 Å². The summed E-state index contributed by atoms with van der Waals surface area (Å²) in [5.74, 6) is -0.0347. The topological polar surface area (TPSA) is 71.7 Å². The number of amidine groups is 1.